The maximum atomic E-state index is 12.4. The second-order valence-electron chi connectivity index (χ2n) is 5.76. The Balaban J connectivity index is 1.93. The summed E-state index contributed by atoms with van der Waals surface area (Å²) in [5.41, 5.74) is 0.388. The number of amides is 1. The molecule has 2 fully saturated rings. The normalized spacial score (nSPS) is 18.5. The van der Waals surface area contributed by atoms with Crippen LogP contribution < -0.4 is 9.46 Å². The van der Waals surface area contributed by atoms with Gasteiger partial charge in [0.25, 0.3) is 5.91 Å². The first-order chi connectivity index (χ1) is 10.5. The number of rotatable bonds is 5. The molecule has 1 saturated carbocycles. The van der Waals surface area contributed by atoms with Crippen molar-refractivity contribution in [2.24, 2.45) is 0 Å². The predicted molar refractivity (Wildman–Crippen MR) is 81.5 cm³/mol. The Bertz CT molecular complexity index is 677. The Morgan fingerprint density at radius 1 is 1.27 bits per heavy atom. The minimum absolute atomic E-state index is 0.00708. The number of nitrogens with zero attached hydrogens (tertiary/aromatic N) is 1. The third kappa shape index (κ3) is 3.10. The van der Waals surface area contributed by atoms with Gasteiger partial charge in [0.05, 0.1) is 7.11 Å². The van der Waals surface area contributed by atoms with Crippen molar-refractivity contribution in [2.45, 2.75) is 36.6 Å². The molecular weight excluding hydrogens is 304 g/mol. The minimum Gasteiger partial charge on any atom is -0.495 e. The van der Waals surface area contributed by atoms with Crippen molar-refractivity contribution in [1.29, 1.82) is 0 Å². The lowest BCUT2D eigenvalue weighted by atomic mass is 10.2. The number of methoxy groups -OCH3 is 1. The number of ether oxygens (including phenoxy) is 1. The molecule has 3 rings (SSSR count). The molecule has 1 heterocycles. The Morgan fingerprint density at radius 3 is 2.55 bits per heavy atom. The van der Waals surface area contributed by atoms with Gasteiger partial charge in [-0.3, -0.25) is 4.79 Å². The van der Waals surface area contributed by atoms with Crippen molar-refractivity contribution in [2.75, 3.05) is 20.2 Å². The van der Waals surface area contributed by atoms with Crippen LogP contribution in [0.4, 0.5) is 0 Å². The van der Waals surface area contributed by atoms with Crippen molar-refractivity contribution >= 4 is 15.9 Å². The summed E-state index contributed by atoms with van der Waals surface area (Å²) in [5.74, 6) is 0.133. The van der Waals surface area contributed by atoms with E-state index in [9.17, 15) is 13.2 Å². The van der Waals surface area contributed by atoms with Crippen LogP contribution in [0.1, 0.15) is 36.0 Å². The molecule has 1 N–H and O–H groups in total. The van der Waals surface area contributed by atoms with Crippen LogP contribution in [0.2, 0.25) is 0 Å². The van der Waals surface area contributed by atoms with E-state index in [0.29, 0.717) is 5.56 Å². The van der Waals surface area contributed by atoms with Gasteiger partial charge in [-0.25, -0.2) is 13.1 Å². The van der Waals surface area contributed by atoms with E-state index in [4.69, 9.17) is 4.74 Å². The fraction of sp³-hybridized carbons (Fsp3) is 0.533. The highest BCUT2D eigenvalue weighted by Crippen LogP contribution is 2.29. The van der Waals surface area contributed by atoms with Crippen molar-refractivity contribution in [3.8, 4) is 5.75 Å². The molecule has 120 valence electrons. The van der Waals surface area contributed by atoms with E-state index in [0.717, 1.165) is 38.8 Å². The first-order valence-corrected chi connectivity index (χ1v) is 8.99. The van der Waals surface area contributed by atoms with Gasteiger partial charge in [-0.2, -0.15) is 0 Å². The number of hydrogen-bond donors (Lipinski definition) is 1. The smallest absolute Gasteiger partial charge is 0.253 e. The summed E-state index contributed by atoms with van der Waals surface area (Å²) < 4.78 is 32.7. The number of hydrogen-bond acceptors (Lipinski definition) is 4. The molecule has 0 spiro atoms. The van der Waals surface area contributed by atoms with Crippen molar-refractivity contribution < 1.29 is 17.9 Å². The van der Waals surface area contributed by atoms with Crippen molar-refractivity contribution in [1.82, 2.24) is 9.62 Å². The zero-order chi connectivity index (χ0) is 15.7. The van der Waals surface area contributed by atoms with Gasteiger partial charge in [0.15, 0.2) is 0 Å². The summed E-state index contributed by atoms with van der Waals surface area (Å²) in [5, 5.41) is 0. The minimum atomic E-state index is -3.67. The quantitative estimate of drug-likeness (QED) is 0.887. The molecule has 2 aliphatic rings. The molecule has 0 atom stereocenters. The van der Waals surface area contributed by atoms with Gasteiger partial charge in [0.1, 0.15) is 10.6 Å². The number of likely N-dealkylation sites (tertiary alicyclic amines) is 1. The van der Waals surface area contributed by atoms with Crippen LogP contribution in [0.5, 0.6) is 5.75 Å². The molecule has 0 aromatic heterocycles. The van der Waals surface area contributed by atoms with Gasteiger partial charge in [-0.1, -0.05) is 0 Å². The lowest BCUT2D eigenvalue weighted by Gasteiger charge is -2.17. The molecule has 1 aromatic carbocycles. The number of carbonyl (C=O) groups is 1. The molecule has 1 amide bonds. The van der Waals surface area contributed by atoms with Crippen molar-refractivity contribution in [3.63, 3.8) is 0 Å². The first-order valence-electron chi connectivity index (χ1n) is 7.51. The molecule has 1 aliphatic heterocycles. The zero-order valence-electron chi connectivity index (χ0n) is 12.5. The van der Waals surface area contributed by atoms with E-state index >= 15 is 0 Å². The molecule has 1 aliphatic carbocycles. The van der Waals surface area contributed by atoms with Crippen LogP contribution in [-0.2, 0) is 10.0 Å². The molecule has 0 bridgehead atoms. The standard InChI is InChI=1S/C15H20N2O4S/c1-21-13-7-4-11(15(18)17-8-2-3-9-17)10-14(13)22(19,20)16-12-5-6-12/h4,7,10,12,16H,2-3,5-6,8-9H2,1H3. The van der Waals surface area contributed by atoms with Gasteiger partial charge in [-0.05, 0) is 43.9 Å². The van der Waals surface area contributed by atoms with Crippen LogP contribution in [0.3, 0.4) is 0 Å². The lowest BCUT2D eigenvalue weighted by molar-refractivity contribution is 0.0792. The highest BCUT2D eigenvalue weighted by atomic mass is 32.2. The molecule has 1 aromatic rings. The maximum Gasteiger partial charge on any atom is 0.253 e. The summed E-state index contributed by atoms with van der Waals surface area (Å²) >= 11 is 0. The molecule has 0 radical (unpaired) electrons. The second kappa shape index (κ2) is 5.89. The van der Waals surface area contributed by atoms with E-state index in [1.54, 1.807) is 17.0 Å². The molecular formula is C15H20N2O4S. The van der Waals surface area contributed by atoms with E-state index in [1.807, 2.05) is 0 Å². The predicted octanol–water partition coefficient (Wildman–Crippen LogP) is 1.37. The van der Waals surface area contributed by atoms with Gasteiger partial charge in [0, 0.05) is 24.7 Å². The van der Waals surface area contributed by atoms with E-state index in [2.05, 4.69) is 4.72 Å². The highest BCUT2D eigenvalue weighted by Gasteiger charge is 2.31. The summed E-state index contributed by atoms with van der Waals surface area (Å²) in [6.45, 7) is 1.46. The lowest BCUT2D eigenvalue weighted by Crippen LogP contribution is -2.29. The SMILES string of the molecule is COc1ccc(C(=O)N2CCCC2)cc1S(=O)(=O)NC1CC1. The van der Waals surface area contributed by atoms with Crippen LogP contribution in [-0.4, -0.2) is 45.5 Å². The molecule has 7 heteroatoms. The number of carbonyl (C=O) groups excluding carboxylic acids is 1. The van der Waals surface area contributed by atoms with Crippen LogP contribution >= 0.6 is 0 Å². The molecule has 0 unspecified atom stereocenters. The first kappa shape index (κ1) is 15.3. The fourth-order valence-electron chi connectivity index (χ4n) is 2.61. The van der Waals surface area contributed by atoms with Crippen LogP contribution in [0, 0.1) is 0 Å². The Kier molecular flexibility index (Phi) is 4.10. The topological polar surface area (TPSA) is 75.7 Å². The summed E-state index contributed by atoms with van der Waals surface area (Å²) in [6.07, 6.45) is 3.70. The number of sulfonamides is 1. The van der Waals surface area contributed by atoms with Gasteiger partial charge >= 0.3 is 0 Å². The third-order valence-corrected chi connectivity index (χ3v) is 5.53. The summed E-state index contributed by atoms with van der Waals surface area (Å²) in [7, 11) is -2.24. The average Bonchev–Trinajstić information content (AvgIpc) is 3.14. The van der Waals surface area contributed by atoms with Crippen LogP contribution in [0.15, 0.2) is 23.1 Å². The fourth-order valence-corrected chi connectivity index (χ4v) is 4.11. The Hall–Kier alpha value is -1.60. The molecule has 6 nitrogen and oxygen atoms in total. The average molecular weight is 324 g/mol. The van der Waals surface area contributed by atoms with E-state index in [1.165, 1.54) is 13.2 Å². The highest BCUT2D eigenvalue weighted by molar-refractivity contribution is 7.89. The molecule has 1 saturated heterocycles. The summed E-state index contributed by atoms with van der Waals surface area (Å²) in [6, 6.07) is 4.59. The Labute approximate surface area is 130 Å². The zero-order valence-corrected chi connectivity index (χ0v) is 13.4. The summed E-state index contributed by atoms with van der Waals surface area (Å²) in [4.78, 5) is 14.2. The second-order valence-corrected chi connectivity index (χ2v) is 7.44. The van der Waals surface area contributed by atoms with Gasteiger partial charge in [-0.15, -0.1) is 0 Å². The third-order valence-electron chi connectivity index (χ3n) is 3.99. The monoisotopic (exact) mass is 324 g/mol. The van der Waals surface area contributed by atoms with E-state index in [-0.39, 0.29) is 22.6 Å². The van der Waals surface area contributed by atoms with Crippen LogP contribution in [0.25, 0.3) is 0 Å². The van der Waals surface area contributed by atoms with Gasteiger partial charge in [0.2, 0.25) is 10.0 Å². The van der Waals surface area contributed by atoms with Crippen molar-refractivity contribution in [3.05, 3.63) is 23.8 Å². The van der Waals surface area contributed by atoms with Gasteiger partial charge < -0.3 is 9.64 Å². The van der Waals surface area contributed by atoms with E-state index < -0.39 is 10.0 Å². The largest absolute Gasteiger partial charge is 0.495 e. The molecule has 22 heavy (non-hydrogen) atoms. The maximum absolute atomic E-state index is 12.4. The number of nitrogens with one attached hydrogen (secondary N) is 1. The number of benzene rings is 1. The Morgan fingerprint density at radius 2 is 1.95 bits per heavy atom.